The fourth-order valence-electron chi connectivity index (χ4n) is 2.76. The molecule has 2 nitrogen and oxygen atoms in total. The van der Waals surface area contributed by atoms with Crippen LogP contribution in [0.15, 0.2) is 48.5 Å². The maximum atomic E-state index is 12.5. The smallest absolute Gasteiger partial charge is 0.303 e. The molecule has 2 rings (SSSR count). The lowest BCUT2D eigenvalue weighted by atomic mass is 10.0. The van der Waals surface area contributed by atoms with Gasteiger partial charge < -0.3 is 4.79 Å². The number of carbonyl (C=O) groups excluding carboxylic acids is 1. The van der Waals surface area contributed by atoms with Crippen molar-refractivity contribution in [2.24, 2.45) is 0 Å². The first-order chi connectivity index (χ1) is 14.1. The van der Waals surface area contributed by atoms with Crippen LogP contribution in [0.3, 0.4) is 0 Å². The van der Waals surface area contributed by atoms with E-state index in [9.17, 15) is 31.1 Å². The number of carbonyl (C=O) groups is 1. The molecule has 30 heavy (non-hydrogen) atoms. The van der Waals surface area contributed by atoms with Crippen LogP contribution in [0.25, 0.3) is 0 Å². The molecule has 0 atom stereocenters. The fourth-order valence-corrected chi connectivity index (χ4v) is 2.76. The van der Waals surface area contributed by atoms with Crippen molar-refractivity contribution < 1.29 is 31.1 Å². The summed E-state index contributed by atoms with van der Waals surface area (Å²) in [4.78, 5) is 10.1. The molecule has 0 N–H and O–H groups in total. The number of nitriles is 1. The predicted molar refractivity (Wildman–Crippen MR) is 100 cm³/mol. The molecule has 2 aromatic rings. The van der Waals surface area contributed by atoms with Crippen LogP contribution >= 0.6 is 0 Å². The Balaban J connectivity index is 0.000000300. The van der Waals surface area contributed by atoms with Crippen LogP contribution < -0.4 is 0 Å². The number of nitrogens with zero attached hydrogens (tertiary/aromatic N) is 1. The van der Waals surface area contributed by atoms with Gasteiger partial charge >= 0.3 is 12.4 Å². The van der Waals surface area contributed by atoms with Gasteiger partial charge in [0.25, 0.3) is 0 Å². The first-order valence-corrected chi connectivity index (χ1v) is 9.22. The number of benzene rings is 2. The number of rotatable bonds is 7. The number of hydrogen-bond donors (Lipinski definition) is 0. The molecule has 8 heteroatoms. The highest BCUT2D eigenvalue weighted by atomic mass is 19.4. The third kappa shape index (κ3) is 8.68. The normalized spacial score (nSPS) is 11.2. The number of unbranched alkanes of at least 4 members (excludes halogenated alkanes) is 2. The maximum Gasteiger partial charge on any atom is 0.416 e. The Bertz CT molecular complexity index is 836. The van der Waals surface area contributed by atoms with Gasteiger partial charge in [0.2, 0.25) is 0 Å². The minimum absolute atomic E-state index is 0.256. The zero-order valence-corrected chi connectivity index (χ0v) is 16.1. The number of alkyl halides is 6. The maximum absolute atomic E-state index is 12.5. The lowest BCUT2D eigenvalue weighted by Gasteiger charge is -2.11. The Hall–Kier alpha value is -2.82. The van der Waals surface area contributed by atoms with Crippen LogP contribution in [-0.4, -0.2) is 6.29 Å². The van der Waals surface area contributed by atoms with E-state index in [4.69, 9.17) is 5.26 Å². The summed E-state index contributed by atoms with van der Waals surface area (Å²) in [6, 6.07) is 12.9. The number of aryl methyl sites for hydroxylation is 2. The van der Waals surface area contributed by atoms with Crippen LogP contribution in [0, 0.1) is 11.3 Å². The summed E-state index contributed by atoms with van der Waals surface area (Å²) in [6.07, 6.45) is -5.81. The van der Waals surface area contributed by atoms with Gasteiger partial charge in [-0.2, -0.15) is 31.6 Å². The van der Waals surface area contributed by atoms with Crippen molar-refractivity contribution >= 4 is 6.29 Å². The van der Waals surface area contributed by atoms with E-state index < -0.39 is 23.5 Å². The minimum atomic E-state index is -4.31. The summed E-state index contributed by atoms with van der Waals surface area (Å²) >= 11 is 0. The van der Waals surface area contributed by atoms with Crippen LogP contribution in [-0.2, 0) is 30.0 Å². The van der Waals surface area contributed by atoms with Crippen LogP contribution in [0.2, 0.25) is 0 Å². The van der Waals surface area contributed by atoms with Crippen LogP contribution in [0.5, 0.6) is 0 Å². The first kappa shape index (κ1) is 25.2. The molecule has 0 unspecified atom stereocenters. The predicted octanol–water partition coefficient (Wildman–Crippen LogP) is 6.78. The second-order valence-electron chi connectivity index (χ2n) is 6.38. The van der Waals surface area contributed by atoms with Gasteiger partial charge in [0.1, 0.15) is 6.29 Å². The van der Waals surface area contributed by atoms with Gasteiger partial charge in [-0.1, -0.05) is 36.4 Å². The zero-order valence-electron chi connectivity index (χ0n) is 16.1. The molecule has 2 aromatic carbocycles. The van der Waals surface area contributed by atoms with E-state index in [-0.39, 0.29) is 24.0 Å². The molecule has 0 bridgehead atoms. The van der Waals surface area contributed by atoms with Gasteiger partial charge in [0, 0.05) is 12.8 Å². The molecule has 0 amide bonds. The van der Waals surface area contributed by atoms with E-state index in [0.717, 1.165) is 18.4 Å². The van der Waals surface area contributed by atoms with E-state index in [1.54, 1.807) is 12.1 Å². The highest BCUT2D eigenvalue weighted by Crippen LogP contribution is 2.33. The SMILES string of the molecule is N#CCCCc1ccccc1C(F)(F)F.O=CCCCc1ccccc1C(F)(F)F. The van der Waals surface area contributed by atoms with Crippen LogP contribution in [0.1, 0.15) is 47.9 Å². The number of hydrogen-bond acceptors (Lipinski definition) is 2. The zero-order chi connectivity index (χ0) is 22.6. The second-order valence-corrected chi connectivity index (χ2v) is 6.38. The highest BCUT2D eigenvalue weighted by molar-refractivity contribution is 5.49. The van der Waals surface area contributed by atoms with Crippen molar-refractivity contribution in [1.29, 1.82) is 5.26 Å². The summed E-state index contributed by atoms with van der Waals surface area (Å²) in [5, 5.41) is 8.30. The summed E-state index contributed by atoms with van der Waals surface area (Å²) in [5.41, 5.74) is -0.675. The molecule has 0 heterocycles. The molecule has 0 spiro atoms. The van der Waals surface area contributed by atoms with E-state index >= 15 is 0 Å². The largest absolute Gasteiger partial charge is 0.416 e. The molecule has 0 aromatic heterocycles. The van der Waals surface area contributed by atoms with E-state index in [2.05, 4.69) is 0 Å². The third-order valence-corrected chi connectivity index (χ3v) is 4.15. The van der Waals surface area contributed by atoms with Gasteiger partial charge in [-0.25, -0.2) is 0 Å². The molecule has 162 valence electrons. The molecule has 0 saturated carbocycles. The Kier molecular flexibility index (Phi) is 10.1. The van der Waals surface area contributed by atoms with E-state index in [1.807, 2.05) is 6.07 Å². The molecule has 0 saturated heterocycles. The molecular formula is C22H21F6NO. The molecule has 0 aliphatic carbocycles. The standard InChI is InChI=1S/C11H10F3N.C11H11F3O/c2*12-11(13,14)10-7-2-1-5-9(10)6-3-4-8-15/h1-2,5,7H,3-4,6H2;1-2,5,7-8H,3-4,6H2. The molecule has 0 aliphatic heterocycles. The average molecular weight is 429 g/mol. The number of aldehydes is 1. The van der Waals surface area contributed by atoms with Gasteiger partial charge in [-0.05, 0) is 48.9 Å². The molecule has 0 radical (unpaired) electrons. The van der Waals surface area contributed by atoms with E-state index in [0.29, 0.717) is 25.7 Å². The topological polar surface area (TPSA) is 40.9 Å². The van der Waals surface area contributed by atoms with Gasteiger partial charge in [-0.15, -0.1) is 0 Å². The van der Waals surface area contributed by atoms with Gasteiger partial charge in [0.15, 0.2) is 0 Å². The van der Waals surface area contributed by atoms with E-state index in [1.165, 1.54) is 24.3 Å². The van der Waals surface area contributed by atoms with Crippen molar-refractivity contribution in [2.75, 3.05) is 0 Å². The highest BCUT2D eigenvalue weighted by Gasteiger charge is 2.33. The lowest BCUT2D eigenvalue weighted by Crippen LogP contribution is -2.08. The summed E-state index contributed by atoms with van der Waals surface area (Å²) < 4.78 is 74.9. The Morgan fingerprint density at radius 2 is 1.20 bits per heavy atom. The summed E-state index contributed by atoms with van der Waals surface area (Å²) in [7, 11) is 0. The van der Waals surface area contributed by atoms with Crippen molar-refractivity contribution in [3.63, 3.8) is 0 Å². The molecule has 0 aliphatic rings. The molecule has 0 fully saturated rings. The third-order valence-electron chi connectivity index (χ3n) is 4.15. The summed E-state index contributed by atoms with van der Waals surface area (Å²) in [6.45, 7) is 0. The van der Waals surface area contributed by atoms with Gasteiger partial charge in [0.05, 0.1) is 17.2 Å². The minimum Gasteiger partial charge on any atom is -0.303 e. The second kappa shape index (κ2) is 12.0. The number of halogens is 6. The van der Waals surface area contributed by atoms with Gasteiger partial charge in [-0.3, -0.25) is 0 Å². The van der Waals surface area contributed by atoms with Crippen molar-refractivity contribution in [2.45, 2.75) is 50.9 Å². The average Bonchev–Trinajstić information content (AvgIpc) is 2.68. The molecular weight excluding hydrogens is 408 g/mol. The lowest BCUT2D eigenvalue weighted by molar-refractivity contribution is -0.139. The first-order valence-electron chi connectivity index (χ1n) is 9.22. The van der Waals surface area contributed by atoms with Crippen LogP contribution in [0.4, 0.5) is 26.3 Å². The Labute approximate surface area is 171 Å². The Morgan fingerprint density at radius 3 is 1.60 bits per heavy atom. The fraction of sp³-hybridized carbons (Fsp3) is 0.364. The van der Waals surface area contributed by atoms with Crippen molar-refractivity contribution in [3.05, 3.63) is 70.8 Å². The van der Waals surface area contributed by atoms with Crippen molar-refractivity contribution in [1.82, 2.24) is 0 Å². The summed E-state index contributed by atoms with van der Waals surface area (Å²) in [5.74, 6) is 0. The quantitative estimate of drug-likeness (QED) is 0.277. The monoisotopic (exact) mass is 429 g/mol. The Morgan fingerprint density at radius 1 is 0.767 bits per heavy atom. The van der Waals surface area contributed by atoms with Crippen molar-refractivity contribution in [3.8, 4) is 6.07 Å².